The Balaban J connectivity index is 0.00000169. The summed E-state index contributed by atoms with van der Waals surface area (Å²) >= 11 is 5.22. The maximum Gasteiger partial charge on any atom is 1.00 e. The number of ether oxygens (including phenoxy) is 1. The van der Waals surface area contributed by atoms with Crippen LogP contribution in [0.15, 0.2) is 6.33 Å². The fourth-order valence-corrected chi connectivity index (χ4v) is 3.97. The van der Waals surface area contributed by atoms with Gasteiger partial charge in [0, 0.05) is 0 Å². The van der Waals surface area contributed by atoms with Crippen LogP contribution in [0.1, 0.15) is 6.23 Å². The molecule has 2 aliphatic heterocycles. The molecule has 0 aliphatic carbocycles. The van der Waals surface area contributed by atoms with E-state index in [1.165, 1.54) is 10.9 Å². The number of imidazole rings is 1. The number of fused-ring (bicyclic) bond motifs is 2. The van der Waals surface area contributed by atoms with Gasteiger partial charge >= 0.3 is 29.6 Å². The topological polar surface area (TPSA) is 161 Å². The van der Waals surface area contributed by atoms with Crippen molar-refractivity contribution < 1.29 is 57.9 Å². The second kappa shape index (κ2) is 6.40. The van der Waals surface area contributed by atoms with Crippen LogP contribution in [0.3, 0.4) is 0 Å². The van der Waals surface area contributed by atoms with E-state index in [4.69, 9.17) is 27.2 Å². The van der Waals surface area contributed by atoms with E-state index < -0.39 is 32.4 Å². The van der Waals surface area contributed by atoms with Crippen LogP contribution >= 0.6 is 20.0 Å². The van der Waals surface area contributed by atoms with Crippen LogP contribution < -0.4 is 40.2 Å². The Morgan fingerprint density at radius 2 is 2.29 bits per heavy atom. The van der Waals surface area contributed by atoms with E-state index in [0.29, 0.717) is 11.2 Å². The van der Waals surface area contributed by atoms with Crippen molar-refractivity contribution in [3.63, 3.8) is 0 Å². The summed E-state index contributed by atoms with van der Waals surface area (Å²) in [6.07, 6.45) is -2.87. The molecule has 124 valence electrons. The van der Waals surface area contributed by atoms with Gasteiger partial charge in [-0.3, -0.25) is 9.13 Å². The fourth-order valence-electron chi connectivity index (χ4n) is 2.73. The van der Waals surface area contributed by atoms with Crippen molar-refractivity contribution in [2.24, 2.45) is 0 Å². The standard InChI is InChI=1S/C10H12N5O6PS.Na/c11-7-4-8(13-2-12-7)15(10(23)14-4)9-5(16)6-3(20-9)1-19-22(17,18)21-6;/h2-3,5-6,9,16H,1H2,(H,14,23)(H,17,18)(H2,11,12,13);/q;+1/p-1/t3-,5-,6-,9-;/m1./s1. The predicted octanol–water partition coefficient (Wildman–Crippen LogP) is -3.78. The van der Waals surface area contributed by atoms with Gasteiger partial charge in [-0.1, -0.05) is 0 Å². The van der Waals surface area contributed by atoms with Crippen molar-refractivity contribution in [1.29, 1.82) is 0 Å². The van der Waals surface area contributed by atoms with Gasteiger partial charge < -0.3 is 34.5 Å². The van der Waals surface area contributed by atoms with E-state index >= 15 is 0 Å². The molecule has 4 N–H and O–H groups in total. The zero-order valence-electron chi connectivity index (χ0n) is 12.4. The van der Waals surface area contributed by atoms with Gasteiger partial charge in [-0.05, 0) is 12.2 Å². The molecule has 11 nitrogen and oxygen atoms in total. The number of nitrogens with two attached hydrogens (primary N) is 1. The second-order valence-electron chi connectivity index (χ2n) is 5.13. The molecule has 0 spiro atoms. The molecule has 2 aromatic rings. The van der Waals surface area contributed by atoms with Crippen molar-refractivity contribution in [3.8, 4) is 0 Å². The molecule has 0 saturated carbocycles. The molecule has 0 amide bonds. The first-order valence-corrected chi connectivity index (χ1v) is 8.42. The molecule has 2 saturated heterocycles. The summed E-state index contributed by atoms with van der Waals surface area (Å²) in [5.41, 5.74) is 6.48. The van der Waals surface area contributed by atoms with Crippen LogP contribution in [-0.4, -0.2) is 49.5 Å². The van der Waals surface area contributed by atoms with Gasteiger partial charge in [0.25, 0.3) is 7.82 Å². The molecule has 24 heavy (non-hydrogen) atoms. The number of phosphoric ester groups is 1. The number of phosphoric acid groups is 1. The first-order valence-electron chi connectivity index (χ1n) is 6.55. The van der Waals surface area contributed by atoms with Crippen LogP contribution in [0.5, 0.6) is 0 Å². The van der Waals surface area contributed by atoms with E-state index in [0.717, 1.165) is 0 Å². The van der Waals surface area contributed by atoms with Crippen LogP contribution in [0.2, 0.25) is 0 Å². The van der Waals surface area contributed by atoms with Gasteiger partial charge in [0.1, 0.15) is 30.2 Å². The largest absolute Gasteiger partial charge is 1.00 e. The summed E-state index contributed by atoms with van der Waals surface area (Å²) < 4.78 is 28.0. The summed E-state index contributed by atoms with van der Waals surface area (Å²) in [6.45, 7) is -0.244. The quantitative estimate of drug-likeness (QED) is 0.253. The van der Waals surface area contributed by atoms with Crippen molar-refractivity contribution in [2.75, 3.05) is 12.3 Å². The Labute approximate surface area is 162 Å². The normalized spacial score (nSPS) is 35.6. The summed E-state index contributed by atoms with van der Waals surface area (Å²) in [7, 11) is -4.44. The van der Waals surface area contributed by atoms with Crippen LogP contribution in [-0.2, 0) is 18.3 Å². The zero-order valence-corrected chi connectivity index (χ0v) is 16.1. The molecule has 4 heterocycles. The Hall–Kier alpha value is -0.400. The van der Waals surface area contributed by atoms with Gasteiger partial charge in [-0.15, -0.1) is 0 Å². The summed E-state index contributed by atoms with van der Waals surface area (Å²) in [6, 6.07) is 0. The number of nitrogen functional groups attached to an aromatic ring is 1. The van der Waals surface area contributed by atoms with E-state index in [1.54, 1.807) is 0 Å². The number of nitrogens with one attached hydrogen (secondary N) is 1. The summed E-state index contributed by atoms with van der Waals surface area (Å²) in [4.78, 5) is 22.2. The third kappa shape index (κ3) is 2.86. The number of nitrogens with zero attached hydrogens (tertiary/aromatic N) is 3. The molecule has 0 radical (unpaired) electrons. The van der Waals surface area contributed by atoms with Crippen molar-refractivity contribution >= 4 is 37.0 Å². The van der Waals surface area contributed by atoms with Crippen molar-refractivity contribution in [3.05, 3.63) is 11.1 Å². The molecule has 2 aliphatic rings. The fraction of sp³-hybridized carbons (Fsp3) is 0.500. The van der Waals surface area contributed by atoms with Crippen molar-refractivity contribution in [2.45, 2.75) is 24.5 Å². The molecule has 14 heteroatoms. The van der Waals surface area contributed by atoms with E-state index in [2.05, 4.69) is 19.5 Å². The third-order valence-electron chi connectivity index (χ3n) is 3.75. The molecular formula is C10H11N5NaO6PS. The van der Waals surface area contributed by atoms with Gasteiger partial charge in [0.2, 0.25) is 0 Å². The molecule has 5 atom stereocenters. The number of anilines is 1. The number of hydrogen-bond acceptors (Lipinski definition) is 10. The molecule has 0 aromatic carbocycles. The monoisotopic (exact) mass is 383 g/mol. The van der Waals surface area contributed by atoms with Crippen LogP contribution in [0.25, 0.3) is 11.2 Å². The zero-order chi connectivity index (χ0) is 16.4. The minimum absolute atomic E-state index is 0. The van der Waals surface area contributed by atoms with E-state index in [9.17, 15) is 14.6 Å². The number of aliphatic hydroxyl groups excluding tert-OH is 1. The van der Waals surface area contributed by atoms with Gasteiger partial charge in [-0.2, -0.15) is 0 Å². The average Bonchev–Trinajstić information content (AvgIpc) is 2.97. The van der Waals surface area contributed by atoms with Crippen LogP contribution in [0.4, 0.5) is 5.82 Å². The maximum atomic E-state index is 11.4. The molecule has 2 aromatic heterocycles. The number of rotatable bonds is 1. The van der Waals surface area contributed by atoms with E-state index in [-0.39, 0.29) is 46.8 Å². The third-order valence-corrected chi connectivity index (χ3v) is 5.01. The number of aromatic amines is 1. The first kappa shape index (κ1) is 18.4. The minimum atomic E-state index is -4.44. The summed E-state index contributed by atoms with van der Waals surface area (Å²) in [5, 5.41) is 10.4. The number of H-pyrrole nitrogens is 1. The number of aromatic nitrogens is 4. The van der Waals surface area contributed by atoms with Gasteiger partial charge in [0.15, 0.2) is 22.5 Å². The molecule has 4 rings (SSSR count). The van der Waals surface area contributed by atoms with Gasteiger partial charge in [0.05, 0.1) is 6.61 Å². The summed E-state index contributed by atoms with van der Waals surface area (Å²) in [5.74, 6) is 0.188. The Bertz CT molecular complexity index is 890. The van der Waals surface area contributed by atoms with Crippen LogP contribution in [0, 0.1) is 4.77 Å². The molecular weight excluding hydrogens is 372 g/mol. The predicted molar refractivity (Wildman–Crippen MR) is 75.5 cm³/mol. The number of aliphatic hydroxyl groups is 1. The molecule has 2 fully saturated rings. The molecule has 1 unspecified atom stereocenters. The Kier molecular flexibility index (Phi) is 4.90. The average molecular weight is 383 g/mol. The maximum absolute atomic E-state index is 11.4. The van der Waals surface area contributed by atoms with E-state index in [1.807, 2.05) is 0 Å². The SMILES string of the molecule is Nc1ncnc2c1[nH]c(=S)n2[C@@H]1O[C@@H]2COP(=O)([O-])O[C@H]2[C@H]1O.[Na+]. The Morgan fingerprint density at radius 1 is 1.54 bits per heavy atom. The second-order valence-corrected chi connectivity index (χ2v) is 6.88. The smallest absolute Gasteiger partial charge is 0.756 e. The van der Waals surface area contributed by atoms with Crippen molar-refractivity contribution in [1.82, 2.24) is 19.5 Å². The number of hydrogen-bond donors (Lipinski definition) is 3. The van der Waals surface area contributed by atoms with Gasteiger partial charge in [-0.25, -0.2) is 9.97 Å². The molecule has 0 bridgehead atoms. The minimum Gasteiger partial charge on any atom is -0.756 e. The Morgan fingerprint density at radius 3 is 3.04 bits per heavy atom. The first-order chi connectivity index (χ1) is 10.9.